The molecule has 0 saturated carbocycles. The lowest BCUT2D eigenvalue weighted by Gasteiger charge is -2.37. The van der Waals surface area contributed by atoms with Crippen molar-refractivity contribution in [2.24, 2.45) is 11.8 Å². The smallest absolute Gasteiger partial charge is 0.308 e. The zero-order valence-corrected chi connectivity index (χ0v) is 16.1. The van der Waals surface area contributed by atoms with E-state index in [4.69, 9.17) is 0 Å². The number of hydrogen-bond donors (Lipinski definition) is 1. The average Bonchev–Trinajstić information content (AvgIpc) is 2.97. The molecule has 26 heavy (non-hydrogen) atoms. The van der Waals surface area contributed by atoms with E-state index in [0.717, 1.165) is 31.1 Å². The van der Waals surface area contributed by atoms with Gasteiger partial charge in [0.05, 0.1) is 12.0 Å². The van der Waals surface area contributed by atoms with Crippen LogP contribution in [-0.2, 0) is 9.59 Å². The van der Waals surface area contributed by atoms with Crippen molar-refractivity contribution in [1.82, 2.24) is 9.80 Å². The fourth-order valence-corrected chi connectivity index (χ4v) is 4.25. The Kier molecular flexibility index (Phi) is 5.66. The van der Waals surface area contributed by atoms with Gasteiger partial charge < -0.3 is 14.9 Å². The Hall–Kier alpha value is -1.88. The van der Waals surface area contributed by atoms with Crippen LogP contribution >= 0.6 is 0 Å². The van der Waals surface area contributed by atoms with Gasteiger partial charge in [0.15, 0.2) is 0 Å². The summed E-state index contributed by atoms with van der Waals surface area (Å²) in [7, 11) is 0. The van der Waals surface area contributed by atoms with Crippen molar-refractivity contribution >= 4 is 11.9 Å². The second-order valence-corrected chi connectivity index (χ2v) is 8.14. The topological polar surface area (TPSA) is 60.9 Å². The fraction of sp³-hybridized carbons (Fsp3) is 0.619. The third-order valence-electron chi connectivity index (χ3n) is 5.98. The maximum Gasteiger partial charge on any atom is 0.308 e. The summed E-state index contributed by atoms with van der Waals surface area (Å²) in [6.07, 6.45) is 2.49. The van der Waals surface area contributed by atoms with Crippen molar-refractivity contribution in [1.29, 1.82) is 0 Å². The first kappa shape index (κ1) is 18.9. The van der Waals surface area contributed by atoms with Crippen molar-refractivity contribution in [2.45, 2.75) is 46.1 Å². The number of carboxylic acids is 1. The molecular weight excluding hydrogens is 328 g/mol. The van der Waals surface area contributed by atoms with Crippen molar-refractivity contribution < 1.29 is 14.7 Å². The minimum atomic E-state index is -0.868. The summed E-state index contributed by atoms with van der Waals surface area (Å²) in [6.45, 7) is 9.65. The monoisotopic (exact) mass is 358 g/mol. The van der Waals surface area contributed by atoms with Gasteiger partial charge in [-0.2, -0.15) is 0 Å². The maximum atomic E-state index is 12.6. The molecular formula is C21H30N2O3. The molecule has 142 valence electrons. The zero-order valence-electron chi connectivity index (χ0n) is 16.1. The van der Waals surface area contributed by atoms with E-state index in [1.54, 1.807) is 0 Å². The molecule has 0 aliphatic carbocycles. The minimum absolute atomic E-state index is 0.0345. The molecule has 0 bridgehead atoms. The van der Waals surface area contributed by atoms with Crippen molar-refractivity contribution in [3.63, 3.8) is 0 Å². The van der Waals surface area contributed by atoms with E-state index in [1.165, 1.54) is 24.0 Å². The fourth-order valence-electron chi connectivity index (χ4n) is 4.25. The van der Waals surface area contributed by atoms with E-state index in [9.17, 15) is 14.7 Å². The third kappa shape index (κ3) is 4.09. The number of amides is 1. The molecule has 1 aromatic carbocycles. The Labute approximate surface area is 156 Å². The van der Waals surface area contributed by atoms with Crippen LogP contribution in [0.1, 0.15) is 48.9 Å². The lowest BCUT2D eigenvalue weighted by molar-refractivity contribution is -0.141. The zero-order chi connectivity index (χ0) is 18.8. The van der Waals surface area contributed by atoms with Gasteiger partial charge in [0.2, 0.25) is 5.91 Å². The Balaban J connectivity index is 1.86. The minimum Gasteiger partial charge on any atom is -0.481 e. The number of likely N-dealkylation sites (tertiary alicyclic amines) is 2. The van der Waals surface area contributed by atoms with Gasteiger partial charge in [0, 0.05) is 19.5 Å². The van der Waals surface area contributed by atoms with Gasteiger partial charge in [0.25, 0.3) is 0 Å². The van der Waals surface area contributed by atoms with Crippen LogP contribution in [0.5, 0.6) is 0 Å². The molecule has 2 aliphatic rings. The third-order valence-corrected chi connectivity index (χ3v) is 5.98. The van der Waals surface area contributed by atoms with Crippen molar-refractivity contribution in [2.75, 3.05) is 26.2 Å². The summed E-state index contributed by atoms with van der Waals surface area (Å²) in [5.74, 6) is -0.729. The molecule has 3 rings (SSSR count). The van der Waals surface area contributed by atoms with Crippen LogP contribution in [-0.4, -0.2) is 53.0 Å². The van der Waals surface area contributed by atoms with E-state index in [-0.39, 0.29) is 18.4 Å². The summed E-state index contributed by atoms with van der Waals surface area (Å²) in [5, 5.41) is 9.35. The summed E-state index contributed by atoms with van der Waals surface area (Å²) in [5.41, 5.74) is 3.52. The van der Waals surface area contributed by atoms with Crippen LogP contribution in [0.3, 0.4) is 0 Å². The van der Waals surface area contributed by atoms with Crippen molar-refractivity contribution in [3.05, 3.63) is 34.9 Å². The number of nitrogens with zero attached hydrogens (tertiary/aromatic N) is 2. The highest BCUT2D eigenvalue weighted by Gasteiger charge is 2.39. The van der Waals surface area contributed by atoms with Crippen LogP contribution in [0.4, 0.5) is 0 Å². The highest BCUT2D eigenvalue weighted by molar-refractivity contribution is 5.86. The van der Waals surface area contributed by atoms with E-state index < -0.39 is 11.9 Å². The first-order valence-corrected chi connectivity index (χ1v) is 9.67. The van der Waals surface area contributed by atoms with E-state index in [0.29, 0.717) is 6.54 Å². The molecule has 2 saturated heterocycles. The molecule has 1 aromatic rings. The van der Waals surface area contributed by atoms with Crippen LogP contribution in [0.15, 0.2) is 18.2 Å². The molecule has 5 nitrogen and oxygen atoms in total. The molecule has 0 aromatic heterocycles. The number of carbonyl (C=O) groups is 2. The summed E-state index contributed by atoms with van der Waals surface area (Å²) in [6, 6.07) is 6.28. The predicted octanol–water partition coefficient (Wildman–Crippen LogP) is 3.01. The number of carboxylic acid groups (broad SMARTS) is 1. The molecule has 0 spiro atoms. The molecule has 2 fully saturated rings. The number of rotatable bonds is 5. The van der Waals surface area contributed by atoms with Gasteiger partial charge in [-0.3, -0.25) is 9.59 Å². The molecule has 2 atom stereocenters. The van der Waals surface area contributed by atoms with Crippen LogP contribution in [0.25, 0.3) is 0 Å². The highest BCUT2D eigenvalue weighted by Crippen LogP contribution is 2.32. The van der Waals surface area contributed by atoms with Gasteiger partial charge in [-0.05, 0) is 56.8 Å². The molecule has 2 unspecified atom stereocenters. The largest absolute Gasteiger partial charge is 0.481 e. The molecule has 1 amide bonds. The van der Waals surface area contributed by atoms with Gasteiger partial charge >= 0.3 is 5.97 Å². The molecule has 0 radical (unpaired) electrons. The van der Waals surface area contributed by atoms with Crippen LogP contribution in [0.2, 0.25) is 0 Å². The standard InChI is InChI=1S/C21H30N2O3/c1-14-6-8-22(9-7-14)13-19(18-5-4-15(2)10-16(18)3)23-12-17(21(25)26)11-20(23)24/h4-5,10,14,17,19H,6-9,11-13H2,1-3H3,(H,25,26). The van der Waals surface area contributed by atoms with Crippen LogP contribution in [0, 0.1) is 25.7 Å². The first-order chi connectivity index (χ1) is 12.3. The Bertz CT molecular complexity index is 680. The quantitative estimate of drug-likeness (QED) is 0.879. The Morgan fingerprint density at radius 2 is 1.96 bits per heavy atom. The Morgan fingerprint density at radius 3 is 2.54 bits per heavy atom. The average molecular weight is 358 g/mol. The molecule has 1 N–H and O–H groups in total. The van der Waals surface area contributed by atoms with Gasteiger partial charge in [-0.15, -0.1) is 0 Å². The number of aliphatic carboxylic acids is 1. The number of aryl methyl sites for hydroxylation is 2. The SMILES string of the molecule is Cc1ccc(C(CN2CCC(C)CC2)N2CC(C(=O)O)CC2=O)c(C)c1. The number of benzene rings is 1. The number of carbonyl (C=O) groups excluding carboxylic acids is 1. The second kappa shape index (κ2) is 7.78. The van der Waals surface area contributed by atoms with E-state index in [1.807, 2.05) is 4.90 Å². The second-order valence-electron chi connectivity index (χ2n) is 8.14. The van der Waals surface area contributed by atoms with Gasteiger partial charge in [-0.1, -0.05) is 30.7 Å². The maximum absolute atomic E-state index is 12.6. The van der Waals surface area contributed by atoms with E-state index >= 15 is 0 Å². The molecule has 2 aliphatic heterocycles. The number of hydrogen-bond acceptors (Lipinski definition) is 3. The summed E-state index contributed by atoms with van der Waals surface area (Å²) in [4.78, 5) is 28.3. The van der Waals surface area contributed by atoms with E-state index in [2.05, 4.69) is 43.9 Å². The normalized spacial score (nSPS) is 23.4. The summed E-state index contributed by atoms with van der Waals surface area (Å²) >= 11 is 0. The molecule has 5 heteroatoms. The molecule has 2 heterocycles. The number of piperidine rings is 1. The summed E-state index contributed by atoms with van der Waals surface area (Å²) < 4.78 is 0. The first-order valence-electron chi connectivity index (χ1n) is 9.67. The van der Waals surface area contributed by atoms with Crippen LogP contribution < -0.4 is 0 Å². The van der Waals surface area contributed by atoms with Gasteiger partial charge in [0.1, 0.15) is 0 Å². The van der Waals surface area contributed by atoms with Crippen molar-refractivity contribution in [3.8, 4) is 0 Å². The highest BCUT2D eigenvalue weighted by atomic mass is 16.4. The lowest BCUT2D eigenvalue weighted by Crippen LogP contribution is -2.42. The predicted molar refractivity (Wildman–Crippen MR) is 101 cm³/mol. The Morgan fingerprint density at radius 1 is 1.27 bits per heavy atom. The van der Waals surface area contributed by atoms with Gasteiger partial charge in [-0.25, -0.2) is 0 Å². The lowest BCUT2D eigenvalue weighted by atomic mass is 9.95.